The number of hydrogen-bond donors (Lipinski definition) is 2. The van der Waals surface area contributed by atoms with E-state index in [0.717, 1.165) is 80.0 Å². The van der Waals surface area contributed by atoms with Gasteiger partial charge in [-0.05, 0) is 74.7 Å². The third-order valence-electron chi connectivity index (χ3n) is 8.66. The Hall–Kier alpha value is -3.79. The Balaban J connectivity index is 0.000000591. The lowest BCUT2D eigenvalue weighted by Crippen LogP contribution is -2.35. The maximum absolute atomic E-state index is 11.6. The van der Waals surface area contributed by atoms with Crippen LogP contribution in [0.4, 0.5) is 0 Å². The second-order valence-electron chi connectivity index (χ2n) is 11.8. The zero-order chi connectivity index (χ0) is 33.3. The molecule has 2 fully saturated rings. The summed E-state index contributed by atoms with van der Waals surface area (Å²) in [5, 5.41) is 10.1. The number of fused-ring (bicyclic) bond motifs is 2. The third-order valence-corrected chi connectivity index (χ3v) is 9.31. The number of nitrogens with zero attached hydrogens (tertiary/aromatic N) is 4. The minimum atomic E-state index is -4.16. The van der Waals surface area contributed by atoms with Crippen molar-refractivity contribution in [1.29, 1.82) is 0 Å². The second-order valence-corrected chi connectivity index (χ2v) is 13.4. The van der Waals surface area contributed by atoms with Gasteiger partial charge in [0.05, 0.1) is 47.9 Å². The van der Waals surface area contributed by atoms with E-state index in [1.54, 1.807) is 30.5 Å². The molecule has 0 bridgehead atoms. The van der Waals surface area contributed by atoms with E-state index < -0.39 is 22.2 Å². The first-order chi connectivity index (χ1) is 22.4. The Bertz CT molecular complexity index is 1870. The molecule has 4 aromatic rings. The Kier molecular flexibility index (Phi) is 9.43. The van der Waals surface area contributed by atoms with Crippen LogP contribution in [-0.4, -0.2) is 76.4 Å². The number of aromatic carboxylic acids is 1. The minimum Gasteiger partial charge on any atom is -0.478 e. The molecule has 13 nitrogen and oxygen atoms in total. The molecule has 2 N–H and O–H groups in total. The van der Waals surface area contributed by atoms with Gasteiger partial charge in [0, 0.05) is 25.3 Å². The standard InChI is InChI=1S/C31H31ClN4O5.CH4O4S/c1-31(27-8-6-21(32)16-33-27)40-26-4-2-3-23(29(26)41-31)19-9-12-35(13-10-19)18-28-34-24-7-5-20(30(37)38)15-25(24)36(28)17-22-11-14-39-22;1-5-6(2,3)4/h2-8,15-16,19,22H,9-14,17-18H2,1H3,(H,37,38);1H3,(H,2,3,4)/t22-,31-;/m0./s1. The van der Waals surface area contributed by atoms with E-state index in [4.69, 9.17) is 35.3 Å². The second kappa shape index (κ2) is 13.4. The monoisotopic (exact) mass is 686 g/mol. The van der Waals surface area contributed by atoms with Crippen molar-refractivity contribution in [2.24, 2.45) is 0 Å². The molecule has 250 valence electrons. The zero-order valence-electron chi connectivity index (χ0n) is 25.8. The molecule has 47 heavy (non-hydrogen) atoms. The van der Waals surface area contributed by atoms with Crippen molar-refractivity contribution >= 4 is 39.0 Å². The summed E-state index contributed by atoms with van der Waals surface area (Å²) in [4.78, 5) is 23.4. The summed E-state index contributed by atoms with van der Waals surface area (Å²) in [5.74, 6) is 0.868. The van der Waals surface area contributed by atoms with Crippen LogP contribution in [0.15, 0.2) is 54.7 Å². The lowest BCUT2D eigenvalue weighted by Gasteiger charge is -2.33. The number of piperidine rings is 1. The summed E-state index contributed by atoms with van der Waals surface area (Å²) in [6.07, 6.45) is 4.70. The Morgan fingerprint density at radius 2 is 1.87 bits per heavy atom. The molecule has 0 spiro atoms. The fraction of sp³-hybridized carbons (Fsp3) is 0.406. The number of likely N-dealkylation sites (tertiary alicyclic amines) is 1. The minimum absolute atomic E-state index is 0.140. The van der Waals surface area contributed by atoms with E-state index in [9.17, 15) is 18.3 Å². The Morgan fingerprint density at radius 3 is 2.49 bits per heavy atom. The van der Waals surface area contributed by atoms with Gasteiger partial charge in [0.25, 0.3) is 5.79 Å². The summed E-state index contributed by atoms with van der Waals surface area (Å²) in [6.45, 7) is 5.86. The van der Waals surface area contributed by atoms with Gasteiger partial charge in [0.1, 0.15) is 11.5 Å². The first kappa shape index (κ1) is 33.1. The molecule has 2 atom stereocenters. The first-order valence-corrected chi connectivity index (χ1v) is 16.9. The summed E-state index contributed by atoms with van der Waals surface area (Å²) in [5.41, 5.74) is 3.76. The molecule has 15 heteroatoms. The molecule has 2 saturated heterocycles. The number of ether oxygens (including phenoxy) is 3. The summed E-state index contributed by atoms with van der Waals surface area (Å²) in [7, 11) is -3.29. The van der Waals surface area contributed by atoms with Gasteiger partial charge >= 0.3 is 16.4 Å². The molecule has 3 aliphatic heterocycles. The highest BCUT2D eigenvalue weighted by atomic mass is 35.5. The highest BCUT2D eigenvalue weighted by molar-refractivity contribution is 7.80. The van der Waals surface area contributed by atoms with Crippen molar-refractivity contribution in [3.8, 4) is 11.5 Å². The van der Waals surface area contributed by atoms with Gasteiger partial charge < -0.3 is 23.9 Å². The quantitative estimate of drug-likeness (QED) is 0.238. The maximum Gasteiger partial charge on any atom is 0.397 e. The van der Waals surface area contributed by atoms with Crippen LogP contribution in [0, 0.1) is 0 Å². The molecule has 0 saturated carbocycles. The van der Waals surface area contributed by atoms with E-state index in [0.29, 0.717) is 29.7 Å². The zero-order valence-corrected chi connectivity index (χ0v) is 27.4. The first-order valence-electron chi connectivity index (χ1n) is 15.1. The average Bonchev–Trinajstić information content (AvgIpc) is 3.56. The van der Waals surface area contributed by atoms with Crippen molar-refractivity contribution in [3.05, 3.63) is 82.4 Å². The number of pyridine rings is 1. The molecular formula is C32H35ClN4O9S. The Morgan fingerprint density at radius 1 is 1.13 bits per heavy atom. The van der Waals surface area contributed by atoms with Crippen LogP contribution in [0.25, 0.3) is 11.0 Å². The molecule has 7 rings (SSSR count). The van der Waals surface area contributed by atoms with Crippen molar-refractivity contribution in [1.82, 2.24) is 19.4 Å². The van der Waals surface area contributed by atoms with E-state index in [1.807, 2.05) is 25.1 Å². The Labute approximate surface area is 276 Å². The van der Waals surface area contributed by atoms with Crippen LogP contribution in [0.1, 0.15) is 59.5 Å². The molecule has 5 heterocycles. The number of carboxylic acids is 1. The fourth-order valence-corrected chi connectivity index (χ4v) is 6.19. The summed E-state index contributed by atoms with van der Waals surface area (Å²) < 4.78 is 50.3. The number of carbonyl (C=O) groups is 1. The molecule has 2 aromatic heterocycles. The van der Waals surface area contributed by atoms with E-state index in [-0.39, 0.29) is 11.7 Å². The van der Waals surface area contributed by atoms with Crippen molar-refractivity contribution < 1.29 is 41.3 Å². The van der Waals surface area contributed by atoms with Gasteiger partial charge in [0.2, 0.25) is 0 Å². The number of halogens is 1. The van der Waals surface area contributed by atoms with Gasteiger partial charge in [-0.25, -0.2) is 9.78 Å². The van der Waals surface area contributed by atoms with Gasteiger partial charge in [0.15, 0.2) is 11.5 Å². The maximum atomic E-state index is 11.6. The number of rotatable bonds is 8. The molecule has 0 unspecified atom stereocenters. The fourth-order valence-electron chi connectivity index (χ4n) is 6.08. The molecule has 3 aliphatic rings. The van der Waals surface area contributed by atoms with Crippen LogP contribution < -0.4 is 9.47 Å². The van der Waals surface area contributed by atoms with Crippen LogP contribution >= 0.6 is 11.6 Å². The average molecular weight is 687 g/mol. The number of aromatic nitrogens is 3. The van der Waals surface area contributed by atoms with Gasteiger partial charge in [-0.3, -0.25) is 18.6 Å². The van der Waals surface area contributed by atoms with Crippen molar-refractivity contribution in [2.45, 2.75) is 57.1 Å². The molecule has 0 amide bonds. The van der Waals surface area contributed by atoms with E-state index in [2.05, 4.69) is 24.7 Å². The van der Waals surface area contributed by atoms with Crippen molar-refractivity contribution in [2.75, 3.05) is 26.8 Å². The lowest BCUT2D eigenvalue weighted by molar-refractivity contribution is -0.0722. The largest absolute Gasteiger partial charge is 0.478 e. The van der Waals surface area contributed by atoms with Crippen LogP contribution in [-0.2, 0) is 38.2 Å². The predicted octanol–water partition coefficient (Wildman–Crippen LogP) is 5.03. The highest BCUT2D eigenvalue weighted by Crippen LogP contribution is 2.49. The number of para-hydroxylation sites is 1. The summed E-state index contributed by atoms with van der Waals surface area (Å²) in [6, 6.07) is 14.9. The predicted molar refractivity (Wildman–Crippen MR) is 171 cm³/mol. The van der Waals surface area contributed by atoms with Gasteiger partial charge in [-0.1, -0.05) is 23.7 Å². The number of benzene rings is 2. The summed E-state index contributed by atoms with van der Waals surface area (Å²) >= 11 is 6.04. The van der Waals surface area contributed by atoms with Crippen molar-refractivity contribution in [3.63, 3.8) is 0 Å². The van der Waals surface area contributed by atoms with Crippen LogP contribution in [0.2, 0.25) is 5.02 Å². The normalized spacial score (nSPS) is 21.2. The van der Waals surface area contributed by atoms with Crippen LogP contribution in [0.3, 0.4) is 0 Å². The van der Waals surface area contributed by atoms with Gasteiger partial charge in [-0.15, -0.1) is 0 Å². The van der Waals surface area contributed by atoms with E-state index in [1.165, 1.54) is 0 Å². The van der Waals surface area contributed by atoms with E-state index >= 15 is 0 Å². The smallest absolute Gasteiger partial charge is 0.397 e. The lowest BCUT2D eigenvalue weighted by atomic mass is 9.88. The highest BCUT2D eigenvalue weighted by Gasteiger charge is 2.42. The SMILES string of the molecule is COS(=O)(=O)O.C[C@]1(c2ccc(Cl)cn2)Oc2cccc(C3CCN(Cc4nc5ccc(C(=O)O)cc5n4C[C@@H]4CCO4)CC3)c2O1. The topological polar surface area (TPSA) is 163 Å². The number of carboxylic acid groups (broad SMARTS) is 1. The molecule has 2 aromatic carbocycles. The molecular weight excluding hydrogens is 652 g/mol. The number of hydrogen-bond acceptors (Lipinski definition) is 10. The van der Waals surface area contributed by atoms with Gasteiger partial charge in [-0.2, -0.15) is 8.42 Å². The molecule has 0 radical (unpaired) electrons. The molecule has 0 aliphatic carbocycles. The van der Waals surface area contributed by atoms with Crippen LogP contribution in [0.5, 0.6) is 11.5 Å². The third kappa shape index (κ3) is 7.37. The number of imidazole rings is 1.